The lowest BCUT2D eigenvalue weighted by Gasteiger charge is -2.29. The maximum atomic E-state index is 2.46. The van der Waals surface area contributed by atoms with Gasteiger partial charge in [-0.05, 0) is 142 Å². The van der Waals surface area contributed by atoms with Crippen molar-refractivity contribution in [1.29, 1.82) is 0 Å². The third kappa shape index (κ3) is 6.38. The molecule has 0 saturated carbocycles. The van der Waals surface area contributed by atoms with Crippen molar-refractivity contribution >= 4 is 59.3 Å². The van der Waals surface area contributed by atoms with Crippen molar-refractivity contribution in [1.82, 2.24) is 0 Å². The number of benzene rings is 11. The summed E-state index contributed by atoms with van der Waals surface area (Å²) in [5, 5.41) is 5.23. The molecule has 0 N–H and O–H groups in total. The molecule has 0 atom stereocenters. The van der Waals surface area contributed by atoms with Crippen LogP contribution in [0.15, 0.2) is 237 Å². The lowest BCUT2D eigenvalue weighted by molar-refractivity contribution is 0.660. The molecule has 0 spiro atoms. The fraction of sp³-hybridized carbons (Fsp3) is 0.0857. The molecule has 2 aliphatic carbocycles. The Bertz CT molecular complexity index is 4120. The predicted molar refractivity (Wildman–Crippen MR) is 308 cm³/mol. The Labute approximate surface area is 426 Å². The molecule has 12 aromatic rings. The van der Waals surface area contributed by atoms with Crippen LogP contribution in [0.3, 0.4) is 0 Å². The van der Waals surface area contributed by atoms with E-state index in [1.807, 2.05) is 11.3 Å². The van der Waals surface area contributed by atoms with Crippen molar-refractivity contribution in [2.24, 2.45) is 0 Å². The van der Waals surface area contributed by atoms with Gasteiger partial charge in [0.15, 0.2) is 0 Å². The van der Waals surface area contributed by atoms with Crippen molar-refractivity contribution in [2.45, 2.75) is 38.5 Å². The topological polar surface area (TPSA) is 3.24 Å². The summed E-state index contributed by atoms with van der Waals surface area (Å²) in [4.78, 5) is 2.46. The summed E-state index contributed by atoms with van der Waals surface area (Å²) in [6.45, 7) is 9.57. The molecule has 72 heavy (non-hydrogen) atoms. The molecule has 0 amide bonds. The summed E-state index contributed by atoms with van der Waals surface area (Å²) >= 11 is 1.89. The Hall–Kier alpha value is -8.30. The average Bonchev–Trinajstić information content (AvgIpc) is 4.01. The van der Waals surface area contributed by atoms with Crippen LogP contribution in [0.2, 0.25) is 0 Å². The normalized spacial score (nSPS) is 13.8. The van der Waals surface area contributed by atoms with Crippen LogP contribution >= 0.6 is 11.3 Å². The molecule has 11 aromatic carbocycles. The van der Waals surface area contributed by atoms with E-state index in [4.69, 9.17) is 0 Å². The van der Waals surface area contributed by atoms with Gasteiger partial charge in [0.1, 0.15) is 0 Å². The van der Waals surface area contributed by atoms with E-state index in [1.165, 1.54) is 120 Å². The lowest BCUT2D eigenvalue weighted by atomic mass is 9.77. The highest BCUT2D eigenvalue weighted by molar-refractivity contribution is 7.26. The summed E-state index contributed by atoms with van der Waals surface area (Å²) in [5.41, 5.74) is 23.7. The molecule has 0 aliphatic heterocycles. The van der Waals surface area contributed by atoms with E-state index >= 15 is 0 Å². The van der Waals surface area contributed by atoms with Gasteiger partial charge in [-0.1, -0.05) is 222 Å². The van der Waals surface area contributed by atoms with Gasteiger partial charge in [-0.25, -0.2) is 0 Å². The molecule has 1 nitrogen and oxygen atoms in total. The second-order valence-corrected chi connectivity index (χ2v) is 21.8. The first kappa shape index (κ1) is 42.6. The van der Waals surface area contributed by atoms with Gasteiger partial charge < -0.3 is 4.90 Å². The van der Waals surface area contributed by atoms with Crippen molar-refractivity contribution in [3.63, 3.8) is 0 Å². The van der Waals surface area contributed by atoms with Gasteiger partial charge >= 0.3 is 0 Å². The van der Waals surface area contributed by atoms with E-state index in [0.29, 0.717) is 0 Å². The van der Waals surface area contributed by atoms with E-state index in [0.717, 1.165) is 17.1 Å². The smallest absolute Gasteiger partial charge is 0.0465 e. The van der Waals surface area contributed by atoms with Gasteiger partial charge in [-0.2, -0.15) is 0 Å². The standard InChI is InChI=1S/C70H51NS/c1-69(2)60-26-13-10-19-53(60)54-42-41-51(43-62(54)69)71(49-37-33-46(34-38-49)52-24-16-25-58-55-20-12-15-28-63(55)72-68(52)58)50-39-35-48(36-40-50)65-64(47-31-29-45(30-32-47)44-17-6-5-7-18-44)56-21-8-9-22-57(56)67-66(65)59-23-11-14-27-61(59)70(67,3)4/h5-43H,1-4H3. The van der Waals surface area contributed by atoms with Crippen LogP contribution in [0.25, 0.3) is 97.7 Å². The van der Waals surface area contributed by atoms with Crippen LogP contribution in [-0.2, 0) is 10.8 Å². The molecule has 2 heteroatoms. The molecule has 1 heterocycles. The number of fused-ring (bicyclic) bond motifs is 11. The van der Waals surface area contributed by atoms with E-state index < -0.39 is 0 Å². The van der Waals surface area contributed by atoms with Crippen LogP contribution in [0.1, 0.15) is 49.9 Å². The molecule has 14 rings (SSSR count). The molecular weight excluding hydrogens is 887 g/mol. The first-order valence-electron chi connectivity index (χ1n) is 25.2. The Morgan fingerprint density at radius 2 is 0.806 bits per heavy atom. The van der Waals surface area contributed by atoms with Gasteiger partial charge in [0.25, 0.3) is 0 Å². The monoisotopic (exact) mass is 937 g/mol. The quantitative estimate of drug-likeness (QED) is 0.154. The lowest BCUT2D eigenvalue weighted by Crippen LogP contribution is -2.16. The number of anilines is 3. The van der Waals surface area contributed by atoms with E-state index in [-0.39, 0.29) is 10.8 Å². The van der Waals surface area contributed by atoms with Gasteiger partial charge in [-0.15, -0.1) is 11.3 Å². The van der Waals surface area contributed by atoms with E-state index in [1.54, 1.807) is 0 Å². The van der Waals surface area contributed by atoms with E-state index in [9.17, 15) is 0 Å². The number of hydrogen-bond donors (Lipinski definition) is 0. The minimum absolute atomic E-state index is 0.138. The SMILES string of the molecule is CC1(C)c2ccccc2-c2ccc(N(c3ccc(-c4c5c(c6ccccc6c4-c4ccc(-c6ccccc6)cc4)C(C)(C)c4ccccc4-5)cc3)c3ccc(-c4cccc5c4sc4ccccc45)cc3)cc21. The second kappa shape index (κ2) is 16.1. The van der Waals surface area contributed by atoms with Crippen LogP contribution < -0.4 is 4.90 Å². The molecule has 0 bridgehead atoms. The summed E-state index contributed by atoms with van der Waals surface area (Å²) < 4.78 is 2.65. The van der Waals surface area contributed by atoms with E-state index in [2.05, 4.69) is 269 Å². The van der Waals surface area contributed by atoms with Crippen molar-refractivity contribution < 1.29 is 0 Å². The highest BCUT2D eigenvalue weighted by Crippen LogP contribution is 2.58. The number of nitrogens with zero attached hydrogens (tertiary/aromatic N) is 1. The van der Waals surface area contributed by atoms with Crippen molar-refractivity contribution in [3.05, 3.63) is 259 Å². The number of hydrogen-bond acceptors (Lipinski definition) is 2. The Morgan fingerprint density at radius 1 is 0.306 bits per heavy atom. The van der Waals surface area contributed by atoms with Crippen LogP contribution in [-0.4, -0.2) is 0 Å². The van der Waals surface area contributed by atoms with Crippen LogP contribution in [0.5, 0.6) is 0 Å². The van der Waals surface area contributed by atoms with Gasteiger partial charge in [-0.3, -0.25) is 0 Å². The molecular formula is C70H51NS. The van der Waals surface area contributed by atoms with Gasteiger partial charge in [0.05, 0.1) is 0 Å². The Balaban J connectivity index is 0.953. The summed E-state index contributed by atoms with van der Waals surface area (Å²) in [7, 11) is 0. The first-order chi connectivity index (χ1) is 35.2. The van der Waals surface area contributed by atoms with Gasteiger partial charge in [0.2, 0.25) is 0 Å². The molecule has 0 unspecified atom stereocenters. The van der Waals surface area contributed by atoms with Crippen molar-refractivity contribution in [3.8, 4) is 66.8 Å². The zero-order valence-corrected chi connectivity index (χ0v) is 41.7. The minimum Gasteiger partial charge on any atom is -0.310 e. The maximum Gasteiger partial charge on any atom is 0.0465 e. The minimum atomic E-state index is -0.192. The van der Waals surface area contributed by atoms with Crippen molar-refractivity contribution in [2.75, 3.05) is 4.90 Å². The zero-order valence-electron chi connectivity index (χ0n) is 40.9. The number of thiophene rings is 1. The van der Waals surface area contributed by atoms with Crippen LogP contribution in [0, 0.1) is 0 Å². The van der Waals surface area contributed by atoms with Gasteiger partial charge in [0, 0.05) is 48.1 Å². The molecule has 1 aromatic heterocycles. The summed E-state index contributed by atoms with van der Waals surface area (Å²) in [6, 6.07) is 88.5. The largest absolute Gasteiger partial charge is 0.310 e. The van der Waals surface area contributed by atoms with Crippen LogP contribution in [0.4, 0.5) is 17.1 Å². The third-order valence-corrected chi connectivity index (χ3v) is 17.3. The molecule has 0 radical (unpaired) electrons. The average molecular weight is 938 g/mol. The third-order valence-electron chi connectivity index (χ3n) is 16.1. The Morgan fingerprint density at radius 3 is 1.54 bits per heavy atom. The molecule has 0 fully saturated rings. The summed E-state index contributed by atoms with van der Waals surface area (Å²) in [6.07, 6.45) is 0. The Kier molecular flexibility index (Phi) is 9.53. The summed E-state index contributed by atoms with van der Waals surface area (Å²) in [5.74, 6) is 0. The first-order valence-corrected chi connectivity index (χ1v) is 26.1. The fourth-order valence-electron chi connectivity index (χ4n) is 12.6. The molecule has 2 aliphatic rings. The number of rotatable bonds is 7. The zero-order chi connectivity index (χ0) is 48.3. The maximum absolute atomic E-state index is 2.46. The second-order valence-electron chi connectivity index (χ2n) is 20.8. The highest BCUT2D eigenvalue weighted by atomic mass is 32.1. The predicted octanol–water partition coefficient (Wildman–Crippen LogP) is 20.0. The molecule has 342 valence electrons. The molecule has 0 saturated heterocycles. The fourth-order valence-corrected chi connectivity index (χ4v) is 13.8. The highest BCUT2D eigenvalue weighted by Gasteiger charge is 2.40.